The maximum Gasteiger partial charge on any atom is 0.344 e. The first-order valence-corrected chi connectivity index (χ1v) is 8.98. The molecular formula is C16H20N4O4S. The SMILES string of the molecule is COc1cccc(NC(=O)CSc2n[nH]c(=O)n2C[C@@H]2CCCO2)c1. The highest BCUT2D eigenvalue weighted by Gasteiger charge is 2.20. The summed E-state index contributed by atoms with van der Waals surface area (Å²) in [6, 6.07) is 7.13. The van der Waals surface area contributed by atoms with Crippen molar-refractivity contribution < 1.29 is 14.3 Å². The molecular weight excluding hydrogens is 344 g/mol. The van der Waals surface area contributed by atoms with Crippen molar-refractivity contribution in [3.63, 3.8) is 0 Å². The second-order valence-corrected chi connectivity index (χ2v) is 6.57. The molecule has 1 saturated heterocycles. The molecule has 1 amide bonds. The van der Waals surface area contributed by atoms with Crippen molar-refractivity contribution in [2.24, 2.45) is 0 Å². The Morgan fingerprint density at radius 1 is 1.56 bits per heavy atom. The molecule has 2 aromatic rings. The van der Waals surface area contributed by atoms with E-state index in [0.717, 1.165) is 19.4 Å². The highest BCUT2D eigenvalue weighted by Crippen LogP contribution is 2.20. The molecule has 1 aromatic heterocycles. The first kappa shape index (κ1) is 17.6. The predicted octanol–water partition coefficient (Wildman–Crippen LogP) is 1.49. The standard InChI is InChI=1S/C16H20N4O4S/c1-23-12-5-2-4-11(8-12)17-14(21)10-25-16-19-18-15(22)20(16)9-13-6-3-7-24-13/h2,4-5,8,13H,3,6-7,9-10H2,1H3,(H,17,21)(H,18,22)/t13-/m0/s1. The van der Waals surface area contributed by atoms with Crippen LogP contribution in [-0.4, -0.2) is 46.2 Å². The molecule has 1 aliphatic rings. The third-order valence-corrected chi connectivity index (χ3v) is 4.80. The number of H-pyrrole nitrogens is 1. The van der Waals surface area contributed by atoms with E-state index in [2.05, 4.69) is 15.5 Å². The van der Waals surface area contributed by atoms with Gasteiger partial charge in [0.2, 0.25) is 5.91 Å². The molecule has 0 radical (unpaired) electrons. The molecule has 0 bridgehead atoms. The fourth-order valence-electron chi connectivity index (χ4n) is 2.59. The van der Waals surface area contributed by atoms with Crippen LogP contribution >= 0.6 is 11.8 Å². The van der Waals surface area contributed by atoms with Gasteiger partial charge in [0.15, 0.2) is 5.16 Å². The Bertz CT molecular complexity index is 782. The van der Waals surface area contributed by atoms with Crippen LogP contribution in [0.4, 0.5) is 5.69 Å². The van der Waals surface area contributed by atoms with Crippen LogP contribution in [0, 0.1) is 0 Å². The Morgan fingerprint density at radius 3 is 3.20 bits per heavy atom. The van der Waals surface area contributed by atoms with Crippen LogP contribution in [-0.2, 0) is 16.1 Å². The summed E-state index contributed by atoms with van der Waals surface area (Å²) in [5.74, 6) is 0.632. The smallest absolute Gasteiger partial charge is 0.344 e. The lowest BCUT2D eigenvalue weighted by Gasteiger charge is -2.11. The average molecular weight is 364 g/mol. The van der Waals surface area contributed by atoms with Crippen LogP contribution in [0.1, 0.15) is 12.8 Å². The van der Waals surface area contributed by atoms with Gasteiger partial charge in [0, 0.05) is 18.4 Å². The maximum absolute atomic E-state index is 12.1. The van der Waals surface area contributed by atoms with Crippen molar-refractivity contribution in [1.29, 1.82) is 0 Å². The van der Waals surface area contributed by atoms with Crippen LogP contribution in [0.3, 0.4) is 0 Å². The normalized spacial score (nSPS) is 16.8. The molecule has 0 unspecified atom stereocenters. The topological polar surface area (TPSA) is 98.2 Å². The molecule has 1 fully saturated rings. The third-order valence-electron chi connectivity index (χ3n) is 3.82. The third kappa shape index (κ3) is 4.64. The Hall–Kier alpha value is -2.26. The largest absolute Gasteiger partial charge is 0.497 e. The van der Waals surface area contributed by atoms with Crippen LogP contribution in [0.2, 0.25) is 0 Å². The Balaban J connectivity index is 1.57. The number of amides is 1. The summed E-state index contributed by atoms with van der Waals surface area (Å²) in [5.41, 5.74) is 0.370. The number of aromatic nitrogens is 3. The molecule has 134 valence electrons. The fourth-order valence-corrected chi connectivity index (χ4v) is 3.35. The zero-order chi connectivity index (χ0) is 17.6. The van der Waals surface area contributed by atoms with Crippen molar-refractivity contribution in [1.82, 2.24) is 14.8 Å². The summed E-state index contributed by atoms with van der Waals surface area (Å²) in [7, 11) is 1.57. The lowest BCUT2D eigenvalue weighted by Crippen LogP contribution is -2.25. The highest BCUT2D eigenvalue weighted by molar-refractivity contribution is 7.99. The molecule has 8 nitrogen and oxygen atoms in total. The second kappa shape index (κ2) is 8.21. The lowest BCUT2D eigenvalue weighted by atomic mass is 10.2. The molecule has 2 heterocycles. The van der Waals surface area contributed by atoms with E-state index in [1.165, 1.54) is 16.3 Å². The van der Waals surface area contributed by atoms with E-state index in [1.807, 2.05) is 0 Å². The number of carbonyl (C=O) groups excluding carboxylic acids is 1. The number of methoxy groups -OCH3 is 1. The number of anilines is 1. The number of carbonyl (C=O) groups is 1. The van der Waals surface area contributed by atoms with Crippen molar-refractivity contribution in [3.8, 4) is 5.75 Å². The Kier molecular flexibility index (Phi) is 5.77. The average Bonchev–Trinajstić information content (AvgIpc) is 3.25. The van der Waals surface area contributed by atoms with Crippen molar-refractivity contribution in [2.45, 2.75) is 30.6 Å². The summed E-state index contributed by atoms with van der Waals surface area (Å²) < 4.78 is 12.2. The minimum atomic E-state index is -0.286. The van der Waals surface area contributed by atoms with Gasteiger partial charge in [0.25, 0.3) is 0 Å². The second-order valence-electron chi connectivity index (χ2n) is 5.63. The summed E-state index contributed by atoms with van der Waals surface area (Å²) in [6.07, 6.45) is 1.96. The number of benzene rings is 1. The summed E-state index contributed by atoms with van der Waals surface area (Å²) in [6.45, 7) is 1.18. The van der Waals surface area contributed by atoms with Crippen LogP contribution < -0.4 is 15.7 Å². The molecule has 3 rings (SSSR count). The highest BCUT2D eigenvalue weighted by atomic mass is 32.2. The van der Waals surface area contributed by atoms with Gasteiger partial charge >= 0.3 is 5.69 Å². The number of thioether (sulfide) groups is 1. The van der Waals surface area contributed by atoms with E-state index >= 15 is 0 Å². The minimum absolute atomic E-state index is 0.0280. The summed E-state index contributed by atoms with van der Waals surface area (Å²) in [5, 5.41) is 9.71. The molecule has 1 atom stereocenters. The Labute approximate surface area is 148 Å². The van der Waals surface area contributed by atoms with Gasteiger partial charge in [-0.1, -0.05) is 17.8 Å². The van der Waals surface area contributed by atoms with Crippen molar-refractivity contribution in [3.05, 3.63) is 34.7 Å². The van der Waals surface area contributed by atoms with Crippen LogP contribution in [0.25, 0.3) is 0 Å². The number of hydrogen-bond donors (Lipinski definition) is 2. The van der Waals surface area contributed by atoms with E-state index < -0.39 is 0 Å². The van der Waals surface area contributed by atoms with E-state index in [4.69, 9.17) is 9.47 Å². The molecule has 9 heteroatoms. The van der Waals surface area contributed by atoms with Crippen LogP contribution in [0.5, 0.6) is 5.75 Å². The van der Waals surface area contributed by atoms with Gasteiger partial charge in [-0.15, -0.1) is 5.10 Å². The van der Waals surface area contributed by atoms with Crippen molar-refractivity contribution >= 4 is 23.4 Å². The molecule has 0 saturated carbocycles. The zero-order valence-corrected chi connectivity index (χ0v) is 14.7. The first-order valence-electron chi connectivity index (χ1n) is 7.99. The fraction of sp³-hybridized carbons (Fsp3) is 0.438. The van der Waals surface area contributed by atoms with Gasteiger partial charge in [-0.3, -0.25) is 9.36 Å². The van der Waals surface area contributed by atoms with Gasteiger partial charge in [0.1, 0.15) is 5.75 Å². The molecule has 0 aliphatic carbocycles. The number of hydrogen-bond acceptors (Lipinski definition) is 6. The molecule has 1 aromatic carbocycles. The van der Waals surface area contributed by atoms with E-state index in [9.17, 15) is 9.59 Å². The number of aromatic amines is 1. The predicted molar refractivity (Wildman–Crippen MR) is 94.2 cm³/mol. The van der Waals surface area contributed by atoms with Crippen molar-refractivity contribution in [2.75, 3.05) is 24.8 Å². The monoisotopic (exact) mass is 364 g/mol. The van der Waals surface area contributed by atoms with E-state index in [-0.39, 0.29) is 23.5 Å². The van der Waals surface area contributed by atoms with Gasteiger partial charge in [-0.2, -0.15) is 0 Å². The molecule has 25 heavy (non-hydrogen) atoms. The van der Waals surface area contributed by atoms with Gasteiger partial charge in [-0.25, -0.2) is 9.89 Å². The molecule has 0 spiro atoms. The van der Waals surface area contributed by atoms with E-state index in [0.29, 0.717) is 23.1 Å². The number of rotatable bonds is 7. The molecule has 1 aliphatic heterocycles. The van der Waals surface area contributed by atoms with Gasteiger partial charge in [0.05, 0.1) is 25.5 Å². The number of nitrogens with one attached hydrogen (secondary N) is 2. The van der Waals surface area contributed by atoms with Gasteiger partial charge < -0.3 is 14.8 Å². The zero-order valence-electron chi connectivity index (χ0n) is 13.9. The quantitative estimate of drug-likeness (QED) is 0.723. The summed E-state index contributed by atoms with van der Waals surface area (Å²) >= 11 is 1.21. The van der Waals surface area contributed by atoms with E-state index in [1.54, 1.807) is 31.4 Å². The van der Waals surface area contributed by atoms with Gasteiger partial charge in [-0.05, 0) is 25.0 Å². The number of nitrogens with zero attached hydrogens (tertiary/aromatic N) is 2. The minimum Gasteiger partial charge on any atom is -0.497 e. The number of ether oxygens (including phenoxy) is 2. The lowest BCUT2D eigenvalue weighted by molar-refractivity contribution is -0.113. The maximum atomic E-state index is 12.1. The molecule has 2 N–H and O–H groups in total. The summed E-state index contributed by atoms with van der Waals surface area (Å²) in [4.78, 5) is 24.0. The first-order chi connectivity index (χ1) is 12.2. The van der Waals surface area contributed by atoms with Crippen LogP contribution in [0.15, 0.2) is 34.2 Å². The Morgan fingerprint density at radius 2 is 2.44 bits per heavy atom.